The van der Waals surface area contributed by atoms with Crippen LogP contribution in [0.15, 0.2) is 48.5 Å². The fourth-order valence-corrected chi connectivity index (χ4v) is 2.86. The molecule has 142 valence electrons. The first-order chi connectivity index (χ1) is 13.1. The number of anilines is 1. The minimum absolute atomic E-state index is 0.0982. The fourth-order valence-electron chi connectivity index (χ4n) is 2.86. The fraction of sp³-hybridized carbons (Fsp3) is 0.333. The molecule has 6 heteroatoms. The zero-order chi connectivity index (χ0) is 19.2. The lowest BCUT2D eigenvalue weighted by atomic mass is 10.2. The van der Waals surface area contributed by atoms with Crippen LogP contribution in [0.25, 0.3) is 0 Å². The molecule has 2 atom stereocenters. The van der Waals surface area contributed by atoms with E-state index in [-0.39, 0.29) is 23.7 Å². The molecule has 2 amide bonds. The lowest BCUT2D eigenvalue weighted by Crippen LogP contribution is -2.31. The summed E-state index contributed by atoms with van der Waals surface area (Å²) in [6, 6.07) is 14.9. The highest BCUT2D eigenvalue weighted by atomic mass is 16.5. The summed E-state index contributed by atoms with van der Waals surface area (Å²) >= 11 is 0. The van der Waals surface area contributed by atoms with E-state index in [1.54, 1.807) is 7.11 Å². The van der Waals surface area contributed by atoms with Gasteiger partial charge in [0.2, 0.25) is 11.8 Å². The van der Waals surface area contributed by atoms with Gasteiger partial charge in [0.25, 0.3) is 0 Å². The first-order valence-corrected chi connectivity index (χ1v) is 8.99. The molecule has 2 unspecified atom stereocenters. The maximum absolute atomic E-state index is 12.3. The maximum Gasteiger partial charge on any atom is 0.228 e. The number of rotatable bonds is 8. The van der Waals surface area contributed by atoms with Crippen LogP contribution in [0.5, 0.6) is 11.5 Å². The van der Waals surface area contributed by atoms with E-state index in [1.165, 1.54) is 0 Å². The minimum atomic E-state index is -0.257. The summed E-state index contributed by atoms with van der Waals surface area (Å²) in [7, 11) is 1.61. The Labute approximate surface area is 158 Å². The number of amides is 2. The molecule has 0 saturated heterocycles. The van der Waals surface area contributed by atoms with E-state index in [2.05, 4.69) is 10.6 Å². The van der Waals surface area contributed by atoms with Gasteiger partial charge in [-0.25, -0.2) is 0 Å². The molecule has 1 aliphatic carbocycles. The summed E-state index contributed by atoms with van der Waals surface area (Å²) in [6.07, 6.45) is 0.586. The monoisotopic (exact) mass is 368 g/mol. The predicted molar refractivity (Wildman–Crippen MR) is 103 cm³/mol. The smallest absolute Gasteiger partial charge is 0.228 e. The number of ether oxygens (including phenoxy) is 2. The van der Waals surface area contributed by atoms with Crippen molar-refractivity contribution in [2.75, 3.05) is 25.6 Å². The van der Waals surface area contributed by atoms with Crippen molar-refractivity contribution in [1.29, 1.82) is 0 Å². The largest absolute Gasteiger partial charge is 0.497 e. The van der Waals surface area contributed by atoms with E-state index < -0.39 is 0 Å². The Morgan fingerprint density at radius 1 is 1.00 bits per heavy atom. The second-order valence-corrected chi connectivity index (χ2v) is 6.57. The van der Waals surface area contributed by atoms with Crippen molar-refractivity contribution in [2.45, 2.75) is 13.3 Å². The zero-order valence-corrected chi connectivity index (χ0v) is 15.5. The van der Waals surface area contributed by atoms with Gasteiger partial charge in [0.05, 0.1) is 25.5 Å². The molecule has 2 N–H and O–H groups in total. The Hall–Kier alpha value is -3.02. The van der Waals surface area contributed by atoms with Crippen molar-refractivity contribution in [3.8, 4) is 11.5 Å². The minimum Gasteiger partial charge on any atom is -0.497 e. The molecule has 6 nitrogen and oxygen atoms in total. The van der Waals surface area contributed by atoms with Gasteiger partial charge in [0.15, 0.2) is 0 Å². The highest BCUT2D eigenvalue weighted by Crippen LogP contribution is 2.39. The van der Waals surface area contributed by atoms with Crippen LogP contribution < -0.4 is 20.1 Å². The molecular weight excluding hydrogens is 344 g/mol. The SMILES string of the molecule is COc1ccc(OCCNC(=O)C2CC2C(=O)Nc2ccccc2C)cc1. The molecule has 0 spiro atoms. The third kappa shape index (κ3) is 5.00. The third-order valence-corrected chi connectivity index (χ3v) is 4.60. The Morgan fingerprint density at radius 3 is 2.37 bits per heavy atom. The van der Waals surface area contributed by atoms with Crippen molar-refractivity contribution in [1.82, 2.24) is 5.32 Å². The number of aryl methyl sites for hydroxylation is 1. The van der Waals surface area contributed by atoms with Crippen LogP contribution in [-0.4, -0.2) is 32.1 Å². The van der Waals surface area contributed by atoms with Crippen LogP contribution in [0.4, 0.5) is 5.69 Å². The van der Waals surface area contributed by atoms with E-state index in [1.807, 2.05) is 55.5 Å². The highest BCUT2D eigenvalue weighted by molar-refractivity contribution is 5.99. The summed E-state index contributed by atoms with van der Waals surface area (Å²) in [4.78, 5) is 24.5. The average molecular weight is 368 g/mol. The number of carbonyl (C=O) groups is 2. The molecule has 0 bridgehead atoms. The Morgan fingerprint density at radius 2 is 1.67 bits per heavy atom. The molecule has 1 aliphatic rings. The second-order valence-electron chi connectivity index (χ2n) is 6.57. The number of nitrogens with one attached hydrogen (secondary N) is 2. The number of methoxy groups -OCH3 is 1. The molecule has 3 rings (SSSR count). The van der Waals surface area contributed by atoms with E-state index in [9.17, 15) is 9.59 Å². The zero-order valence-electron chi connectivity index (χ0n) is 15.5. The number of para-hydroxylation sites is 1. The Kier molecular flexibility index (Phi) is 5.96. The van der Waals surface area contributed by atoms with Gasteiger partial charge in [-0.2, -0.15) is 0 Å². The van der Waals surface area contributed by atoms with Crippen LogP contribution in [0.2, 0.25) is 0 Å². The quantitative estimate of drug-likeness (QED) is 0.703. The van der Waals surface area contributed by atoms with Gasteiger partial charge in [-0.3, -0.25) is 9.59 Å². The van der Waals surface area contributed by atoms with E-state index in [0.717, 1.165) is 17.0 Å². The van der Waals surface area contributed by atoms with Crippen molar-refractivity contribution < 1.29 is 19.1 Å². The Balaban J connectivity index is 1.37. The molecule has 1 fully saturated rings. The van der Waals surface area contributed by atoms with Gasteiger partial charge in [-0.15, -0.1) is 0 Å². The summed E-state index contributed by atoms with van der Waals surface area (Å²) in [6.45, 7) is 2.70. The van der Waals surface area contributed by atoms with E-state index in [0.29, 0.717) is 25.3 Å². The number of hydrogen-bond acceptors (Lipinski definition) is 4. The normalized spacial score (nSPS) is 17.7. The summed E-state index contributed by atoms with van der Waals surface area (Å²) < 4.78 is 10.7. The number of hydrogen-bond donors (Lipinski definition) is 2. The van der Waals surface area contributed by atoms with Gasteiger partial charge in [-0.1, -0.05) is 18.2 Å². The molecule has 2 aromatic rings. The number of benzene rings is 2. The molecule has 0 heterocycles. The predicted octanol–water partition coefficient (Wildman–Crippen LogP) is 2.77. The van der Waals surface area contributed by atoms with Crippen LogP contribution in [-0.2, 0) is 9.59 Å². The summed E-state index contributed by atoms with van der Waals surface area (Å²) in [5.41, 5.74) is 1.80. The standard InChI is InChI=1S/C21H24N2O4/c1-14-5-3-4-6-19(14)23-21(25)18-13-17(18)20(24)22-11-12-27-16-9-7-15(26-2)8-10-16/h3-10,17-18H,11-13H2,1-2H3,(H,22,24)(H,23,25). The van der Waals surface area contributed by atoms with Crippen LogP contribution in [0, 0.1) is 18.8 Å². The van der Waals surface area contributed by atoms with Gasteiger partial charge < -0.3 is 20.1 Å². The second kappa shape index (κ2) is 8.58. The van der Waals surface area contributed by atoms with Crippen LogP contribution in [0.3, 0.4) is 0 Å². The van der Waals surface area contributed by atoms with E-state index in [4.69, 9.17) is 9.47 Å². The van der Waals surface area contributed by atoms with Crippen LogP contribution >= 0.6 is 0 Å². The number of carbonyl (C=O) groups excluding carboxylic acids is 2. The summed E-state index contributed by atoms with van der Waals surface area (Å²) in [5.74, 6) is 0.769. The topological polar surface area (TPSA) is 76.7 Å². The van der Waals surface area contributed by atoms with Gasteiger partial charge in [0.1, 0.15) is 18.1 Å². The maximum atomic E-state index is 12.3. The first-order valence-electron chi connectivity index (χ1n) is 8.99. The highest BCUT2D eigenvalue weighted by Gasteiger charge is 2.47. The van der Waals surface area contributed by atoms with Crippen molar-refractivity contribution >= 4 is 17.5 Å². The van der Waals surface area contributed by atoms with Crippen molar-refractivity contribution in [2.24, 2.45) is 11.8 Å². The molecule has 0 radical (unpaired) electrons. The van der Waals surface area contributed by atoms with Crippen LogP contribution in [0.1, 0.15) is 12.0 Å². The summed E-state index contributed by atoms with van der Waals surface area (Å²) in [5, 5.41) is 5.73. The van der Waals surface area contributed by atoms with Gasteiger partial charge in [-0.05, 0) is 49.2 Å². The molecule has 27 heavy (non-hydrogen) atoms. The molecule has 1 saturated carbocycles. The lowest BCUT2D eigenvalue weighted by molar-refractivity contribution is -0.125. The van der Waals surface area contributed by atoms with E-state index >= 15 is 0 Å². The van der Waals surface area contributed by atoms with Gasteiger partial charge >= 0.3 is 0 Å². The molecule has 0 aromatic heterocycles. The molecule has 2 aromatic carbocycles. The first kappa shape index (κ1) is 18.8. The average Bonchev–Trinajstić information content (AvgIpc) is 3.48. The molecular formula is C21H24N2O4. The lowest BCUT2D eigenvalue weighted by Gasteiger charge is -2.09. The Bertz CT molecular complexity index is 804. The van der Waals surface area contributed by atoms with Crippen molar-refractivity contribution in [3.63, 3.8) is 0 Å². The molecule has 0 aliphatic heterocycles. The third-order valence-electron chi connectivity index (χ3n) is 4.60. The van der Waals surface area contributed by atoms with Gasteiger partial charge in [0, 0.05) is 5.69 Å². The van der Waals surface area contributed by atoms with Crippen molar-refractivity contribution in [3.05, 3.63) is 54.1 Å².